The van der Waals surface area contributed by atoms with E-state index in [4.69, 9.17) is 0 Å². The minimum Gasteiger partial charge on any atom is -0.135 e. The Hall–Kier alpha value is -8.10. The van der Waals surface area contributed by atoms with Crippen molar-refractivity contribution < 1.29 is 0 Å². The van der Waals surface area contributed by atoms with Gasteiger partial charge in [-0.15, -0.1) is 11.3 Å². The summed E-state index contributed by atoms with van der Waals surface area (Å²) < 4.78 is 2.60. The lowest BCUT2D eigenvalue weighted by molar-refractivity contribution is 1.58. The molecule has 0 aliphatic heterocycles. The van der Waals surface area contributed by atoms with Crippen LogP contribution in [0.4, 0.5) is 0 Å². The molecule has 0 N–H and O–H groups in total. The van der Waals surface area contributed by atoms with Gasteiger partial charge in [-0.3, -0.25) is 0 Å². The van der Waals surface area contributed by atoms with Crippen LogP contribution in [0.1, 0.15) is 0 Å². The average molecular weight is 841 g/mol. The van der Waals surface area contributed by atoms with Crippen molar-refractivity contribution in [3.8, 4) is 66.8 Å². The Morgan fingerprint density at radius 3 is 1.03 bits per heavy atom. The fourth-order valence-corrected chi connectivity index (χ4v) is 11.9. The van der Waals surface area contributed by atoms with Gasteiger partial charge in [0.25, 0.3) is 0 Å². The van der Waals surface area contributed by atoms with Gasteiger partial charge in [-0.2, -0.15) is 0 Å². The van der Waals surface area contributed by atoms with Crippen molar-refractivity contribution in [3.63, 3.8) is 0 Å². The highest BCUT2D eigenvalue weighted by molar-refractivity contribution is 7.26. The molecule has 1 aromatic heterocycles. The quantitative estimate of drug-likeness (QED) is 0.146. The van der Waals surface area contributed by atoms with E-state index < -0.39 is 0 Å². The zero-order valence-electron chi connectivity index (χ0n) is 35.5. The van der Waals surface area contributed by atoms with Crippen LogP contribution in [-0.4, -0.2) is 0 Å². The summed E-state index contributed by atoms with van der Waals surface area (Å²) in [6.45, 7) is 0. The molecule has 12 aromatic carbocycles. The van der Waals surface area contributed by atoms with E-state index in [0.29, 0.717) is 0 Å². The summed E-state index contributed by atoms with van der Waals surface area (Å²) >= 11 is 1.92. The summed E-state index contributed by atoms with van der Waals surface area (Å²) in [4.78, 5) is 0. The molecule has 1 heterocycles. The molecular weight excluding hydrogens is 801 g/mol. The average Bonchev–Trinajstić information content (AvgIpc) is 3.77. The van der Waals surface area contributed by atoms with Crippen molar-refractivity contribution in [1.82, 2.24) is 0 Å². The number of hydrogen-bond acceptors (Lipinski definition) is 1. The van der Waals surface area contributed by atoms with Gasteiger partial charge < -0.3 is 0 Å². The van der Waals surface area contributed by atoms with Crippen LogP contribution in [0.2, 0.25) is 0 Å². The number of fused-ring (bicyclic) bond motifs is 7. The third-order valence-electron chi connectivity index (χ3n) is 13.4. The minimum atomic E-state index is 1.21. The zero-order chi connectivity index (χ0) is 42.8. The van der Waals surface area contributed by atoms with E-state index in [-0.39, 0.29) is 0 Å². The van der Waals surface area contributed by atoms with Crippen molar-refractivity contribution in [2.75, 3.05) is 0 Å². The van der Waals surface area contributed by atoms with E-state index in [2.05, 4.69) is 243 Å². The van der Waals surface area contributed by atoms with Gasteiger partial charge in [-0.05, 0) is 129 Å². The van der Waals surface area contributed by atoms with Gasteiger partial charge in [0.2, 0.25) is 0 Å². The second-order valence-electron chi connectivity index (χ2n) is 17.0. The van der Waals surface area contributed by atoms with Crippen LogP contribution < -0.4 is 0 Å². The molecule has 0 atom stereocenters. The van der Waals surface area contributed by atoms with E-state index in [1.165, 1.54) is 130 Å². The molecule has 1 heteroatoms. The maximum absolute atomic E-state index is 2.39. The number of rotatable bonds is 6. The predicted octanol–water partition coefficient (Wildman–Crippen LogP) is 18.7. The van der Waals surface area contributed by atoms with E-state index in [1.54, 1.807) is 0 Å². The van der Waals surface area contributed by atoms with Crippen LogP contribution in [0.5, 0.6) is 0 Å². The molecule has 0 amide bonds. The molecule has 0 bridgehead atoms. The molecule has 0 saturated heterocycles. The largest absolute Gasteiger partial charge is 0.135 e. The Kier molecular flexibility index (Phi) is 8.82. The molecule has 302 valence electrons. The van der Waals surface area contributed by atoms with Crippen LogP contribution >= 0.6 is 11.3 Å². The van der Waals surface area contributed by atoms with Gasteiger partial charge in [0.1, 0.15) is 0 Å². The molecule has 13 aromatic rings. The van der Waals surface area contributed by atoms with Crippen molar-refractivity contribution >= 4 is 74.6 Å². The minimum absolute atomic E-state index is 1.21. The van der Waals surface area contributed by atoms with E-state index in [9.17, 15) is 0 Å². The standard InChI is InChI=1S/C64H40S/c1-4-20-41(21-5-1)44-38-45(42-22-6-2-7-23-42)40-46(39-44)60-49-28-12-16-32-53(49)62(54-33-17-13-29-50(54)60)56-35-18-36-57-63-55(34-19-37-58(63)65-64(56)57)61-51-30-14-10-26-47(51)59(43-24-8-3-9-25-43)48-27-11-15-31-52(48)61/h1-40H. The fraction of sp³-hybridized carbons (Fsp3) is 0. The Bertz CT molecular complexity index is 3800. The third-order valence-corrected chi connectivity index (χ3v) is 14.6. The predicted molar refractivity (Wildman–Crippen MR) is 282 cm³/mol. The van der Waals surface area contributed by atoms with E-state index in [1.807, 2.05) is 11.3 Å². The lowest BCUT2D eigenvalue weighted by Gasteiger charge is -2.19. The molecule has 0 nitrogen and oxygen atoms in total. The van der Waals surface area contributed by atoms with Gasteiger partial charge in [-0.25, -0.2) is 0 Å². The molecule has 0 saturated carbocycles. The zero-order valence-corrected chi connectivity index (χ0v) is 36.3. The number of benzene rings is 12. The van der Waals surface area contributed by atoms with Crippen LogP contribution in [0, 0.1) is 0 Å². The molecule has 0 aliphatic rings. The Morgan fingerprint density at radius 1 is 0.215 bits per heavy atom. The molecule has 0 aliphatic carbocycles. The van der Waals surface area contributed by atoms with Crippen LogP contribution in [0.15, 0.2) is 243 Å². The molecule has 13 rings (SSSR count). The van der Waals surface area contributed by atoms with Crippen LogP contribution in [0.3, 0.4) is 0 Å². The number of thiophene rings is 1. The van der Waals surface area contributed by atoms with Crippen LogP contribution in [-0.2, 0) is 0 Å². The van der Waals surface area contributed by atoms with Crippen molar-refractivity contribution in [2.24, 2.45) is 0 Å². The smallest absolute Gasteiger partial charge is 0.0434 e. The van der Waals surface area contributed by atoms with Crippen LogP contribution in [0.25, 0.3) is 130 Å². The summed E-state index contributed by atoms with van der Waals surface area (Å²) in [6, 6.07) is 89.7. The maximum atomic E-state index is 2.39. The van der Waals surface area contributed by atoms with Gasteiger partial charge in [0, 0.05) is 25.7 Å². The van der Waals surface area contributed by atoms with E-state index in [0.717, 1.165) is 0 Å². The maximum Gasteiger partial charge on any atom is 0.0434 e. The SMILES string of the molecule is c1ccc(-c2cc(-c3ccccc3)cc(-c3c4ccccc4c(-c4cccc5c4sc4cccc(-c6c7ccccc7c(-c7ccccc7)c7ccccc67)c45)c4ccccc34)c2)cc1. The second-order valence-corrected chi connectivity index (χ2v) is 18.1. The fourth-order valence-electron chi connectivity index (χ4n) is 10.7. The normalized spacial score (nSPS) is 11.7. The summed E-state index contributed by atoms with van der Waals surface area (Å²) in [5.41, 5.74) is 15.0. The Labute approximate surface area is 382 Å². The topological polar surface area (TPSA) is 0 Å². The first-order valence-electron chi connectivity index (χ1n) is 22.4. The lowest BCUT2D eigenvalue weighted by atomic mass is 9.83. The summed E-state index contributed by atoms with van der Waals surface area (Å²) in [6.07, 6.45) is 0. The Balaban J connectivity index is 1.08. The highest BCUT2D eigenvalue weighted by atomic mass is 32.1. The Morgan fingerprint density at radius 2 is 0.554 bits per heavy atom. The van der Waals surface area contributed by atoms with Crippen molar-refractivity contribution in [1.29, 1.82) is 0 Å². The highest BCUT2D eigenvalue weighted by Gasteiger charge is 2.23. The first-order chi connectivity index (χ1) is 32.3. The molecule has 65 heavy (non-hydrogen) atoms. The van der Waals surface area contributed by atoms with Gasteiger partial charge in [0.15, 0.2) is 0 Å². The van der Waals surface area contributed by atoms with Crippen molar-refractivity contribution in [3.05, 3.63) is 243 Å². The third kappa shape index (κ3) is 6.05. The van der Waals surface area contributed by atoms with Crippen molar-refractivity contribution in [2.45, 2.75) is 0 Å². The van der Waals surface area contributed by atoms with Gasteiger partial charge >= 0.3 is 0 Å². The molecule has 0 unspecified atom stereocenters. The summed E-state index contributed by atoms with van der Waals surface area (Å²) in [5, 5.41) is 12.7. The second kappa shape index (κ2) is 15.3. The summed E-state index contributed by atoms with van der Waals surface area (Å²) in [5.74, 6) is 0. The molecule has 0 radical (unpaired) electrons. The van der Waals surface area contributed by atoms with Gasteiger partial charge in [0.05, 0.1) is 0 Å². The monoisotopic (exact) mass is 840 g/mol. The molecule has 0 fully saturated rings. The van der Waals surface area contributed by atoms with E-state index >= 15 is 0 Å². The summed E-state index contributed by atoms with van der Waals surface area (Å²) in [7, 11) is 0. The molecular formula is C64H40S. The molecule has 0 spiro atoms. The highest BCUT2D eigenvalue weighted by Crippen LogP contribution is 2.52. The van der Waals surface area contributed by atoms with Gasteiger partial charge in [-0.1, -0.05) is 218 Å². The number of hydrogen-bond donors (Lipinski definition) is 0. The lowest BCUT2D eigenvalue weighted by Crippen LogP contribution is -1.92. The first-order valence-corrected chi connectivity index (χ1v) is 23.2. The first kappa shape index (κ1) is 37.5.